The van der Waals surface area contributed by atoms with Crippen molar-refractivity contribution in [2.45, 2.75) is 39.5 Å². The molecule has 4 nitrogen and oxygen atoms in total. The first-order valence-electron chi connectivity index (χ1n) is 6.60. The van der Waals surface area contributed by atoms with Crippen molar-refractivity contribution in [3.05, 3.63) is 18.1 Å². The average Bonchev–Trinajstić information content (AvgIpc) is 2.32. The van der Waals surface area contributed by atoms with Crippen LogP contribution in [0.5, 0.6) is 0 Å². The van der Waals surface area contributed by atoms with Gasteiger partial charge in [-0.2, -0.15) is 5.26 Å². The molecule has 0 saturated heterocycles. The van der Waals surface area contributed by atoms with Crippen LogP contribution in [0.1, 0.15) is 45.2 Å². The molecule has 1 aromatic rings. The van der Waals surface area contributed by atoms with E-state index in [1.165, 1.54) is 31.9 Å². The Balaban J connectivity index is 1.91. The van der Waals surface area contributed by atoms with Crippen molar-refractivity contribution in [1.82, 2.24) is 9.97 Å². The zero-order valence-corrected chi connectivity index (χ0v) is 11.1. The van der Waals surface area contributed by atoms with Crippen LogP contribution in [0, 0.1) is 22.7 Å². The minimum absolute atomic E-state index is 0.362. The van der Waals surface area contributed by atoms with E-state index in [0.29, 0.717) is 11.1 Å². The molecule has 0 unspecified atom stereocenters. The number of nitrogens with zero attached hydrogens (tertiary/aromatic N) is 3. The number of nitriles is 1. The SMILES string of the molecule is CC(C)CC1(CNc2cnc(C#N)cn2)CCC1. The fraction of sp³-hybridized carbons (Fsp3) is 0.643. The Morgan fingerprint density at radius 2 is 2.17 bits per heavy atom. The number of hydrogen-bond donors (Lipinski definition) is 1. The molecule has 1 aliphatic carbocycles. The Kier molecular flexibility index (Phi) is 3.81. The largest absolute Gasteiger partial charge is 0.368 e. The summed E-state index contributed by atoms with van der Waals surface area (Å²) in [6.45, 7) is 5.52. The molecule has 0 aliphatic heterocycles. The highest BCUT2D eigenvalue weighted by Crippen LogP contribution is 2.45. The maximum Gasteiger partial charge on any atom is 0.158 e. The van der Waals surface area contributed by atoms with Gasteiger partial charge in [-0.05, 0) is 30.6 Å². The molecule has 1 saturated carbocycles. The Hall–Kier alpha value is -1.63. The number of anilines is 1. The zero-order chi connectivity index (χ0) is 13.0. The topological polar surface area (TPSA) is 61.6 Å². The van der Waals surface area contributed by atoms with Gasteiger partial charge in [-0.1, -0.05) is 20.3 Å². The van der Waals surface area contributed by atoms with Crippen molar-refractivity contribution in [2.75, 3.05) is 11.9 Å². The van der Waals surface area contributed by atoms with Gasteiger partial charge in [-0.3, -0.25) is 0 Å². The maximum absolute atomic E-state index is 8.66. The van der Waals surface area contributed by atoms with Crippen molar-refractivity contribution < 1.29 is 0 Å². The lowest BCUT2D eigenvalue weighted by Gasteiger charge is -2.43. The summed E-state index contributed by atoms with van der Waals surface area (Å²) in [6, 6.07) is 1.97. The van der Waals surface area contributed by atoms with E-state index in [4.69, 9.17) is 5.26 Å². The lowest BCUT2D eigenvalue weighted by atomic mass is 9.64. The minimum atomic E-state index is 0.362. The molecule has 1 fully saturated rings. The third-order valence-electron chi connectivity index (χ3n) is 3.67. The molecule has 2 rings (SSSR count). The van der Waals surface area contributed by atoms with E-state index in [1.54, 1.807) is 6.20 Å². The molecular weight excluding hydrogens is 224 g/mol. The fourth-order valence-electron chi connectivity index (χ4n) is 2.75. The molecule has 1 aliphatic rings. The van der Waals surface area contributed by atoms with E-state index in [2.05, 4.69) is 29.1 Å². The van der Waals surface area contributed by atoms with E-state index in [1.807, 2.05) is 6.07 Å². The van der Waals surface area contributed by atoms with E-state index in [0.717, 1.165) is 18.3 Å². The lowest BCUT2D eigenvalue weighted by Crippen LogP contribution is -2.37. The molecule has 1 N–H and O–H groups in total. The molecule has 18 heavy (non-hydrogen) atoms. The molecule has 0 spiro atoms. The monoisotopic (exact) mass is 244 g/mol. The van der Waals surface area contributed by atoms with Crippen LogP contribution in [0.2, 0.25) is 0 Å². The summed E-state index contributed by atoms with van der Waals surface area (Å²) in [4.78, 5) is 8.21. The maximum atomic E-state index is 8.66. The molecule has 0 amide bonds. The molecule has 1 heterocycles. The van der Waals surface area contributed by atoms with E-state index >= 15 is 0 Å². The van der Waals surface area contributed by atoms with Gasteiger partial charge in [0.15, 0.2) is 5.69 Å². The molecule has 4 heteroatoms. The zero-order valence-electron chi connectivity index (χ0n) is 11.1. The second-order valence-electron chi connectivity index (χ2n) is 5.70. The van der Waals surface area contributed by atoms with Crippen molar-refractivity contribution in [1.29, 1.82) is 5.26 Å². The van der Waals surface area contributed by atoms with Crippen molar-refractivity contribution in [3.63, 3.8) is 0 Å². The third-order valence-corrected chi connectivity index (χ3v) is 3.67. The third kappa shape index (κ3) is 2.98. The van der Waals surface area contributed by atoms with Gasteiger partial charge >= 0.3 is 0 Å². The van der Waals surface area contributed by atoms with E-state index in [-0.39, 0.29) is 0 Å². The van der Waals surface area contributed by atoms with Crippen LogP contribution in [0.15, 0.2) is 12.4 Å². The Labute approximate surface area is 108 Å². The van der Waals surface area contributed by atoms with E-state index in [9.17, 15) is 0 Å². The quantitative estimate of drug-likeness (QED) is 0.865. The average molecular weight is 244 g/mol. The van der Waals surface area contributed by atoms with Crippen LogP contribution in [-0.2, 0) is 0 Å². The summed E-state index contributed by atoms with van der Waals surface area (Å²) in [5, 5.41) is 12.0. The predicted molar refractivity (Wildman–Crippen MR) is 71.0 cm³/mol. The molecule has 96 valence electrons. The second-order valence-corrected chi connectivity index (χ2v) is 5.70. The summed E-state index contributed by atoms with van der Waals surface area (Å²) >= 11 is 0. The number of nitrogens with one attached hydrogen (secondary N) is 1. The Morgan fingerprint density at radius 1 is 1.39 bits per heavy atom. The number of rotatable bonds is 5. The molecular formula is C14H20N4. The summed E-state index contributed by atoms with van der Waals surface area (Å²) in [5.74, 6) is 1.50. The molecule has 0 aromatic carbocycles. The highest BCUT2D eigenvalue weighted by atomic mass is 15.0. The van der Waals surface area contributed by atoms with Crippen LogP contribution in [0.4, 0.5) is 5.82 Å². The number of hydrogen-bond acceptors (Lipinski definition) is 4. The first-order chi connectivity index (χ1) is 8.63. The van der Waals surface area contributed by atoms with Crippen LogP contribution < -0.4 is 5.32 Å². The summed E-state index contributed by atoms with van der Waals surface area (Å²) < 4.78 is 0. The number of aromatic nitrogens is 2. The predicted octanol–water partition coefficient (Wildman–Crippen LogP) is 2.98. The van der Waals surface area contributed by atoms with Crippen LogP contribution in [-0.4, -0.2) is 16.5 Å². The van der Waals surface area contributed by atoms with Crippen LogP contribution in [0.3, 0.4) is 0 Å². The Morgan fingerprint density at radius 3 is 2.61 bits per heavy atom. The van der Waals surface area contributed by atoms with Crippen LogP contribution in [0.25, 0.3) is 0 Å². The first kappa shape index (κ1) is 12.8. The second kappa shape index (κ2) is 5.34. The fourth-order valence-corrected chi connectivity index (χ4v) is 2.75. The van der Waals surface area contributed by atoms with Crippen molar-refractivity contribution in [3.8, 4) is 6.07 Å². The molecule has 0 atom stereocenters. The highest BCUT2D eigenvalue weighted by molar-refractivity contribution is 5.33. The molecule has 0 radical (unpaired) electrons. The van der Waals surface area contributed by atoms with Gasteiger partial charge in [-0.25, -0.2) is 9.97 Å². The smallest absolute Gasteiger partial charge is 0.158 e. The lowest BCUT2D eigenvalue weighted by molar-refractivity contribution is 0.116. The molecule has 0 bridgehead atoms. The van der Waals surface area contributed by atoms with Gasteiger partial charge in [0.25, 0.3) is 0 Å². The van der Waals surface area contributed by atoms with Gasteiger partial charge in [0.2, 0.25) is 0 Å². The van der Waals surface area contributed by atoms with Crippen LogP contribution >= 0.6 is 0 Å². The summed E-state index contributed by atoms with van der Waals surface area (Å²) in [6.07, 6.45) is 8.37. The minimum Gasteiger partial charge on any atom is -0.368 e. The van der Waals surface area contributed by atoms with Crippen molar-refractivity contribution >= 4 is 5.82 Å². The van der Waals surface area contributed by atoms with Gasteiger partial charge < -0.3 is 5.32 Å². The van der Waals surface area contributed by atoms with E-state index < -0.39 is 0 Å². The highest BCUT2D eigenvalue weighted by Gasteiger charge is 2.37. The van der Waals surface area contributed by atoms with Gasteiger partial charge in [0.1, 0.15) is 11.9 Å². The van der Waals surface area contributed by atoms with Gasteiger partial charge in [0, 0.05) is 6.54 Å². The van der Waals surface area contributed by atoms with Gasteiger partial charge in [0.05, 0.1) is 12.4 Å². The van der Waals surface area contributed by atoms with Gasteiger partial charge in [-0.15, -0.1) is 0 Å². The molecule has 1 aromatic heterocycles. The van der Waals surface area contributed by atoms with Crippen molar-refractivity contribution in [2.24, 2.45) is 11.3 Å². The Bertz CT molecular complexity index is 426. The normalized spacial score (nSPS) is 17.0. The summed E-state index contributed by atoms with van der Waals surface area (Å²) in [7, 11) is 0. The summed E-state index contributed by atoms with van der Waals surface area (Å²) in [5.41, 5.74) is 0.810. The first-order valence-corrected chi connectivity index (χ1v) is 6.60. The standard InChI is InChI=1S/C14H20N4/c1-11(2)6-14(4-3-5-14)10-18-13-9-16-12(7-15)8-17-13/h8-9,11H,3-6,10H2,1-2H3,(H,17,18).